The van der Waals surface area contributed by atoms with E-state index in [4.69, 9.17) is 15.2 Å². The van der Waals surface area contributed by atoms with Crippen molar-refractivity contribution in [3.05, 3.63) is 29.8 Å². The smallest absolute Gasteiger partial charge is 0.250 e. The number of anilines is 1. The van der Waals surface area contributed by atoms with Crippen LogP contribution in [0.4, 0.5) is 5.69 Å². The van der Waals surface area contributed by atoms with Gasteiger partial charge < -0.3 is 20.5 Å². The SMILES string of the molecule is COCCOCC(=O)Nc1ccc(C#CCN)cc1. The van der Waals surface area contributed by atoms with Crippen molar-refractivity contribution >= 4 is 11.6 Å². The highest BCUT2D eigenvalue weighted by Crippen LogP contribution is 2.08. The molecule has 0 fully saturated rings. The zero-order valence-electron chi connectivity index (χ0n) is 10.9. The summed E-state index contributed by atoms with van der Waals surface area (Å²) in [6.07, 6.45) is 0. The Hall–Kier alpha value is -1.87. The average molecular weight is 262 g/mol. The molecule has 1 rings (SSSR count). The van der Waals surface area contributed by atoms with Crippen LogP contribution in [0.1, 0.15) is 5.56 Å². The zero-order valence-corrected chi connectivity index (χ0v) is 10.9. The maximum absolute atomic E-state index is 11.5. The number of ether oxygens (including phenoxy) is 2. The summed E-state index contributed by atoms with van der Waals surface area (Å²) in [5.74, 6) is 5.47. The molecule has 0 saturated carbocycles. The second-order valence-corrected chi connectivity index (χ2v) is 3.68. The number of hydrogen-bond acceptors (Lipinski definition) is 4. The summed E-state index contributed by atoms with van der Waals surface area (Å²) in [4.78, 5) is 11.5. The Morgan fingerprint density at radius 2 is 2.05 bits per heavy atom. The van der Waals surface area contributed by atoms with Crippen LogP contribution in [0.2, 0.25) is 0 Å². The van der Waals surface area contributed by atoms with Crippen molar-refractivity contribution in [3.63, 3.8) is 0 Å². The molecule has 0 aliphatic rings. The van der Waals surface area contributed by atoms with Crippen LogP contribution in [0.15, 0.2) is 24.3 Å². The standard InChI is InChI=1S/C14H18N2O3/c1-18-9-10-19-11-14(17)16-13-6-4-12(5-7-13)3-2-8-15/h4-7H,8-11,15H2,1H3,(H,16,17). The Kier molecular flexibility index (Phi) is 7.28. The van der Waals surface area contributed by atoms with Crippen LogP contribution in [0, 0.1) is 11.8 Å². The van der Waals surface area contributed by atoms with Crippen LogP contribution >= 0.6 is 0 Å². The number of methoxy groups -OCH3 is 1. The molecule has 5 heteroatoms. The first-order valence-corrected chi connectivity index (χ1v) is 5.92. The van der Waals surface area contributed by atoms with Gasteiger partial charge in [-0.25, -0.2) is 0 Å². The van der Waals surface area contributed by atoms with Gasteiger partial charge in [-0.3, -0.25) is 4.79 Å². The second kappa shape index (κ2) is 9.11. The summed E-state index contributed by atoms with van der Waals surface area (Å²) in [6.45, 7) is 1.22. The minimum absolute atomic E-state index is 0.0120. The van der Waals surface area contributed by atoms with Crippen molar-refractivity contribution in [2.24, 2.45) is 5.73 Å². The highest BCUT2D eigenvalue weighted by atomic mass is 16.5. The summed E-state index contributed by atoms with van der Waals surface area (Å²) < 4.78 is 9.92. The maximum atomic E-state index is 11.5. The van der Waals surface area contributed by atoms with E-state index in [9.17, 15) is 4.79 Å². The monoisotopic (exact) mass is 262 g/mol. The molecule has 3 N–H and O–H groups in total. The van der Waals surface area contributed by atoms with E-state index in [2.05, 4.69) is 17.2 Å². The van der Waals surface area contributed by atoms with E-state index in [1.54, 1.807) is 19.2 Å². The van der Waals surface area contributed by atoms with Crippen molar-refractivity contribution in [3.8, 4) is 11.8 Å². The maximum Gasteiger partial charge on any atom is 0.250 e. The third-order valence-electron chi connectivity index (χ3n) is 2.17. The van der Waals surface area contributed by atoms with Gasteiger partial charge in [-0.1, -0.05) is 11.8 Å². The van der Waals surface area contributed by atoms with Gasteiger partial charge in [-0.15, -0.1) is 0 Å². The molecule has 0 aliphatic heterocycles. The molecule has 0 radical (unpaired) electrons. The molecule has 0 atom stereocenters. The van der Waals surface area contributed by atoms with Gasteiger partial charge in [0.1, 0.15) is 6.61 Å². The molecule has 0 bridgehead atoms. The number of carbonyl (C=O) groups excluding carboxylic acids is 1. The predicted molar refractivity (Wildman–Crippen MR) is 73.7 cm³/mol. The number of rotatable bonds is 6. The first-order chi connectivity index (χ1) is 9.26. The third kappa shape index (κ3) is 6.58. The normalized spacial score (nSPS) is 9.58. The van der Waals surface area contributed by atoms with Gasteiger partial charge in [0.2, 0.25) is 5.91 Å². The van der Waals surface area contributed by atoms with Gasteiger partial charge in [0, 0.05) is 18.4 Å². The minimum atomic E-state index is -0.197. The van der Waals surface area contributed by atoms with Crippen molar-refractivity contribution in [2.75, 3.05) is 38.8 Å². The Bertz CT molecular complexity index is 446. The average Bonchev–Trinajstić information content (AvgIpc) is 2.43. The Labute approximate surface area is 113 Å². The number of nitrogens with two attached hydrogens (primary N) is 1. The largest absolute Gasteiger partial charge is 0.382 e. The van der Waals surface area contributed by atoms with Crippen molar-refractivity contribution in [1.82, 2.24) is 0 Å². The first-order valence-electron chi connectivity index (χ1n) is 5.92. The summed E-state index contributed by atoms with van der Waals surface area (Å²) in [7, 11) is 1.58. The second-order valence-electron chi connectivity index (χ2n) is 3.68. The lowest BCUT2D eigenvalue weighted by molar-refractivity contribution is -0.121. The number of hydrogen-bond donors (Lipinski definition) is 2. The molecule has 0 aromatic heterocycles. The van der Waals surface area contributed by atoms with E-state index >= 15 is 0 Å². The van der Waals surface area contributed by atoms with Gasteiger partial charge in [0.25, 0.3) is 0 Å². The third-order valence-corrected chi connectivity index (χ3v) is 2.17. The molecule has 0 heterocycles. The van der Waals surface area contributed by atoms with E-state index < -0.39 is 0 Å². The molecule has 0 spiro atoms. The molecule has 0 aliphatic carbocycles. The van der Waals surface area contributed by atoms with E-state index in [-0.39, 0.29) is 12.5 Å². The predicted octanol–water partition coefficient (Wildman–Crippen LogP) is 0.598. The Morgan fingerprint density at radius 3 is 2.68 bits per heavy atom. The number of benzene rings is 1. The molecule has 1 aromatic rings. The molecule has 19 heavy (non-hydrogen) atoms. The lowest BCUT2D eigenvalue weighted by atomic mass is 10.2. The van der Waals surface area contributed by atoms with Gasteiger partial charge in [-0.05, 0) is 24.3 Å². The van der Waals surface area contributed by atoms with Crippen LogP contribution in [-0.2, 0) is 14.3 Å². The van der Waals surface area contributed by atoms with Gasteiger partial charge in [-0.2, -0.15) is 0 Å². The number of amides is 1. The van der Waals surface area contributed by atoms with Crippen molar-refractivity contribution in [1.29, 1.82) is 0 Å². The fourth-order valence-corrected chi connectivity index (χ4v) is 1.29. The van der Waals surface area contributed by atoms with Gasteiger partial charge in [0.05, 0.1) is 19.8 Å². The fourth-order valence-electron chi connectivity index (χ4n) is 1.29. The van der Waals surface area contributed by atoms with E-state index in [0.29, 0.717) is 25.4 Å². The van der Waals surface area contributed by atoms with Crippen LogP contribution in [0.25, 0.3) is 0 Å². The lowest BCUT2D eigenvalue weighted by Gasteiger charge is -2.06. The van der Waals surface area contributed by atoms with Crippen LogP contribution in [0.5, 0.6) is 0 Å². The summed E-state index contributed by atoms with van der Waals surface area (Å²) in [6, 6.07) is 7.22. The Balaban J connectivity index is 2.38. The van der Waals surface area contributed by atoms with Gasteiger partial charge in [0.15, 0.2) is 0 Å². The summed E-state index contributed by atoms with van der Waals surface area (Å²) in [5.41, 5.74) is 6.85. The number of nitrogens with one attached hydrogen (secondary N) is 1. The van der Waals surface area contributed by atoms with Crippen molar-refractivity contribution in [2.45, 2.75) is 0 Å². The molecule has 0 unspecified atom stereocenters. The first kappa shape index (κ1) is 15.2. The minimum Gasteiger partial charge on any atom is -0.382 e. The topological polar surface area (TPSA) is 73.6 Å². The summed E-state index contributed by atoms with van der Waals surface area (Å²) in [5, 5.41) is 2.72. The highest BCUT2D eigenvalue weighted by molar-refractivity contribution is 5.91. The van der Waals surface area contributed by atoms with Crippen molar-refractivity contribution < 1.29 is 14.3 Å². The quantitative estimate of drug-likeness (QED) is 0.581. The molecule has 1 amide bonds. The fraction of sp³-hybridized carbons (Fsp3) is 0.357. The zero-order chi connectivity index (χ0) is 13.9. The summed E-state index contributed by atoms with van der Waals surface area (Å²) >= 11 is 0. The molecule has 0 saturated heterocycles. The lowest BCUT2D eigenvalue weighted by Crippen LogP contribution is -2.19. The Morgan fingerprint density at radius 1 is 1.32 bits per heavy atom. The molecular formula is C14H18N2O3. The van der Waals surface area contributed by atoms with Crippen LogP contribution in [-0.4, -0.2) is 39.4 Å². The van der Waals surface area contributed by atoms with Crippen LogP contribution < -0.4 is 11.1 Å². The van der Waals surface area contributed by atoms with E-state index in [1.165, 1.54) is 0 Å². The highest BCUT2D eigenvalue weighted by Gasteiger charge is 2.02. The van der Waals surface area contributed by atoms with Crippen LogP contribution in [0.3, 0.4) is 0 Å². The molecular weight excluding hydrogens is 244 g/mol. The molecule has 102 valence electrons. The van der Waals surface area contributed by atoms with Gasteiger partial charge >= 0.3 is 0 Å². The molecule has 5 nitrogen and oxygen atoms in total. The van der Waals surface area contributed by atoms with E-state index in [0.717, 1.165) is 5.56 Å². The molecule has 1 aromatic carbocycles. The van der Waals surface area contributed by atoms with E-state index in [1.807, 2.05) is 12.1 Å². The number of carbonyl (C=O) groups is 1.